The zero-order valence-corrected chi connectivity index (χ0v) is 11.5. The number of thiophene rings is 1. The minimum atomic E-state index is -0.639. The van der Waals surface area contributed by atoms with Crippen molar-refractivity contribution in [3.8, 4) is 0 Å². The molecule has 17 heavy (non-hydrogen) atoms. The van der Waals surface area contributed by atoms with Crippen LogP contribution in [0.1, 0.15) is 23.7 Å². The lowest BCUT2D eigenvalue weighted by molar-refractivity contribution is 0.166. The Balaban J connectivity index is 2.04. The van der Waals surface area contributed by atoms with Crippen molar-refractivity contribution in [2.24, 2.45) is 0 Å². The monoisotopic (exact) mass is 314 g/mol. The summed E-state index contributed by atoms with van der Waals surface area (Å²) in [5.74, 6) is -0.336. The summed E-state index contributed by atoms with van der Waals surface area (Å²) >= 11 is 4.81. The molecule has 1 unspecified atom stereocenters. The highest BCUT2D eigenvalue weighted by atomic mass is 79.9. The first-order valence-electron chi connectivity index (χ1n) is 5.31. The maximum Gasteiger partial charge on any atom is 0.137 e. The SMILES string of the molecule is OC(CCc1ccsc1)c1cccc(F)c1Br. The largest absolute Gasteiger partial charge is 0.388 e. The molecule has 0 aliphatic carbocycles. The fourth-order valence-electron chi connectivity index (χ4n) is 1.67. The molecule has 0 saturated carbocycles. The smallest absolute Gasteiger partial charge is 0.137 e. The summed E-state index contributed by atoms with van der Waals surface area (Å²) in [4.78, 5) is 0. The summed E-state index contributed by atoms with van der Waals surface area (Å²) in [6, 6.07) is 6.77. The van der Waals surface area contributed by atoms with E-state index in [0.717, 1.165) is 6.42 Å². The van der Waals surface area contributed by atoms with E-state index in [4.69, 9.17) is 0 Å². The zero-order valence-electron chi connectivity index (χ0n) is 9.07. The first kappa shape index (κ1) is 12.7. The Labute approximate surface area is 112 Å². The van der Waals surface area contributed by atoms with Gasteiger partial charge in [0.2, 0.25) is 0 Å². The van der Waals surface area contributed by atoms with Crippen LogP contribution in [0.3, 0.4) is 0 Å². The number of aryl methyl sites for hydroxylation is 1. The third-order valence-electron chi connectivity index (χ3n) is 2.63. The zero-order chi connectivity index (χ0) is 12.3. The Morgan fingerprint density at radius 1 is 1.35 bits per heavy atom. The van der Waals surface area contributed by atoms with Crippen LogP contribution in [0.2, 0.25) is 0 Å². The van der Waals surface area contributed by atoms with E-state index in [1.54, 1.807) is 23.5 Å². The van der Waals surface area contributed by atoms with Crippen molar-refractivity contribution in [2.75, 3.05) is 0 Å². The second-order valence-corrected chi connectivity index (χ2v) is 5.40. The maximum absolute atomic E-state index is 13.3. The quantitative estimate of drug-likeness (QED) is 0.891. The fourth-order valence-corrected chi connectivity index (χ4v) is 2.90. The Bertz CT molecular complexity index is 484. The third kappa shape index (κ3) is 3.15. The van der Waals surface area contributed by atoms with E-state index in [-0.39, 0.29) is 5.82 Å². The fraction of sp³-hybridized carbons (Fsp3) is 0.231. The minimum Gasteiger partial charge on any atom is -0.388 e. The Morgan fingerprint density at radius 2 is 2.18 bits per heavy atom. The van der Waals surface area contributed by atoms with Gasteiger partial charge in [0.15, 0.2) is 0 Å². The number of hydrogen-bond acceptors (Lipinski definition) is 2. The molecule has 0 saturated heterocycles. The predicted molar refractivity (Wildman–Crippen MR) is 71.7 cm³/mol. The molecule has 1 atom stereocenters. The average Bonchev–Trinajstić information content (AvgIpc) is 2.82. The van der Waals surface area contributed by atoms with Crippen LogP contribution in [-0.2, 0) is 6.42 Å². The standard InChI is InChI=1S/C13H12BrFOS/c14-13-10(2-1-3-11(13)15)12(16)5-4-9-6-7-17-8-9/h1-3,6-8,12,16H,4-5H2. The Hall–Kier alpha value is -0.710. The molecule has 1 aromatic carbocycles. The molecule has 0 aliphatic rings. The summed E-state index contributed by atoms with van der Waals surface area (Å²) in [6.07, 6.45) is 0.756. The van der Waals surface area contributed by atoms with E-state index in [0.29, 0.717) is 16.5 Å². The van der Waals surface area contributed by atoms with E-state index in [2.05, 4.69) is 21.3 Å². The second kappa shape index (κ2) is 5.76. The second-order valence-electron chi connectivity index (χ2n) is 3.83. The summed E-state index contributed by atoms with van der Waals surface area (Å²) < 4.78 is 13.7. The summed E-state index contributed by atoms with van der Waals surface area (Å²) in [7, 11) is 0. The number of halogens is 2. The molecule has 0 aliphatic heterocycles. The maximum atomic E-state index is 13.3. The summed E-state index contributed by atoms with van der Waals surface area (Å²) in [5.41, 5.74) is 1.82. The number of aliphatic hydroxyl groups is 1. The van der Waals surface area contributed by atoms with Gasteiger partial charge in [0, 0.05) is 0 Å². The normalized spacial score (nSPS) is 12.6. The van der Waals surface area contributed by atoms with Gasteiger partial charge in [-0.3, -0.25) is 0 Å². The lowest BCUT2D eigenvalue weighted by atomic mass is 10.0. The van der Waals surface area contributed by atoms with Gasteiger partial charge < -0.3 is 5.11 Å². The highest BCUT2D eigenvalue weighted by Crippen LogP contribution is 2.28. The van der Waals surface area contributed by atoms with Crippen molar-refractivity contribution in [3.63, 3.8) is 0 Å². The van der Waals surface area contributed by atoms with E-state index in [9.17, 15) is 9.50 Å². The van der Waals surface area contributed by atoms with Crippen molar-refractivity contribution < 1.29 is 9.50 Å². The van der Waals surface area contributed by atoms with E-state index in [1.165, 1.54) is 11.6 Å². The van der Waals surface area contributed by atoms with Gasteiger partial charge in [-0.25, -0.2) is 4.39 Å². The summed E-state index contributed by atoms with van der Waals surface area (Å²) in [6.45, 7) is 0. The number of benzene rings is 1. The lowest BCUT2D eigenvalue weighted by Crippen LogP contribution is -2.01. The van der Waals surface area contributed by atoms with E-state index in [1.807, 2.05) is 11.4 Å². The summed E-state index contributed by atoms with van der Waals surface area (Å²) in [5, 5.41) is 14.1. The van der Waals surface area contributed by atoms with Crippen molar-refractivity contribution >= 4 is 27.3 Å². The highest BCUT2D eigenvalue weighted by Gasteiger charge is 2.13. The Morgan fingerprint density at radius 3 is 2.88 bits per heavy atom. The molecule has 2 rings (SSSR count). The number of aliphatic hydroxyl groups excluding tert-OH is 1. The van der Waals surface area contributed by atoms with Crippen LogP contribution >= 0.6 is 27.3 Å². The molecule has 1 nitrogen and oxygen atoms in total. The molecule has 1 heterocycles. The number of rotatable bonds is 4. The van der Waals surface area contributed by atoms with Crippen molar-refractivity contribution in [3.05, 3.63) is 56.4 Å². The topological polar surface area (TPSA) is 20.2 Å². The van der Waals surface area contributed by atoms with Gasteiger partial charge in [-0.1, -0.05) is 12.1 Å². The van der Waals surface area contributed by atoms with Crippen molar-refractivity contribution in [1.29, 1.82) is 0 Å². The first-order chi connectivity index (χ1) is 8.18. The van der Waals surface area contributed by atoms with Gasteiger partial charge in [0.1, 0.15) is 5.82 Å². The van der Waals surface area contributed by atoms with Gasteiger partial charge >= 0.3 is 0 Å². The molecule has 0 radical (unpaired) electrons. The van der Waals surface area contributed by atoms with Crippen LogP contribution in [0.25, 0.3) is 0 Å². The molecule has 0 fully saturated rings. The number of hydrogen-bond donors (Lipinski definition) is 1. The molecule has 0 spiro atoms. The highest BCUT2D eigenvalue weighted by molar-refractivity contribution is 9.10. The molecular weight excluding hydrogens is 303 g/mol. The van der Waals surface area contributed by atoms with Crippen LogP contribution in [-0.4, -0.2) is 5.11 Å². The van der Waals surface area contributed by atoms with Crippen molar-refractivity contribution in [1.82, 2.24) is 0 Å². The van der Waals surface area contributed by atoms with Gasteiger partial charge in [-0.2, -0.15) is 11.3 Å². The molecule has 0 bridgehead atoms. The van der Waals surface area contributed by atoms with Crippen LogP contribution in [0.4, 0.5) is 4.39 Å². The molecular formula is C13H12BrFOS. The van der Waals surface area contributed by atoms with Crippen molar-refractivity contribution in [2.45, 2.75) is 18.9 Å². The van der Waals surface area contributed by atoms with Gasteiger partial charge in [-0.05, 0) is 62.8 Å². The van der Waals surface area contributed by atoms with E-state index >= 15 is 0 Å². The van der Waals surface area contributed by atoms with Gasteiger partial charge in [0.25, 0.3) is 0 Å². The Kier molecular flexibility index (Phi) is 4.31. The first-order valence-corrected chi connectivity index (χ1v) is 7.05. The van der Waals surface area contributed by atoms with Crippen LogP contribution in [0.5, 0.6) is 0 Å². The predicted octanol–water partition coefficient (Wildman–Crippen LogP) is 4.32. The van der Waals surface area contributed by atoms with Gasteiger partial charge in [-0.15, -0.1) is 0 Å². The van der Waals surface area contributed by atoms with E-state index < -0.39 is 6.10 Å². The minimum absolute atomic E-state index is 0.336. The molecule has 2 aromatic rings. The molecule has 1 aromatic heterocycles. The van der Waals surface area contributed by atoms with Crippen LogP contribution < -0.4 is 0 Å². The van der Waals surface area contributed by atoms with Gasteiger partial charge in [0.05, 0.1) is 10.6 Å². The average molecular weight is 315 g/mol. The molecule has 4 heteroatoms. The third-order valence-corrected chi connectivity index (χ3v) is 4.20. The molecule has 1 N–H and O–H groups in total. The van der Waals surface area contributed by atoms with Crippen LogP contribution in [0, 0.1) is 5.82 Å². The molecule has 0 amide bonds. The van der Waals surface area contributed by atoms with Crippen LogP contribution in [0.15, 0.2) is 39.5 Å². The lowest BCUT2D eigenvalue weighted by Gasteiger charge is -2.12. The molecule has 90 valence electrons.